The molecule has 8 nitrogen and oxygen atoms in total. The van der Waals surface area contributed by atoms with E-state index < -0.39 is 28.8 Å². The Hall–Kier alpha value is -3.68. The van der Waals surface area contributed by atoms with Gasteiger partial charge in [-0.1, -0.05) is 30.3 Å². The molecule has 0 radical (unpaired) electrons. The number of carbonyl (C=O) groups is 2. The molecule has 2 aromatic carbocycles. The largest absolute Gasteiger partial charge is 0.330 e. The lowest BCUT2D eigenvalue weighted by molar-refractivity contribution is -0.384. The van der Waals surface area contributed by atoms with Crippen LogP contribution in [0.15, 0.2) is 48.7 Å². The van der Waals surface area contributed by atoms with Gasteiger partial charge in [0.2, 0.25) is 5.91 Å². The standard InChI is InChI=1S/C21H22N4O4/c1-11-8-12(2)17(13(3)9-11)19-18(14(4)22-21(27)24-19)20(26)23-15-6-5-7-16(10-15)25(28)29/h5-10,18-19H,4H2,1-3H3,(H,23,26)(H2,22,24,27)/t18-,19+/m1/s1. The van der Waals surface area contributed by atoms with Gasteiger partial charge in [-0.2, -0.15) is 0 Å². The minimum absolute atomic E-state index is 0.126. The molecule has 3 N–H and O–H groups in total. The summed E-state index contributed by atoms with van der Waals surface area (Å²) in [7, 11) is 0. The molecule has 0 aromatic heterocycles. The summed E-state index contributed by atoms with van der Waals surface area (Å²) in [5.41, 5.74) is 4.28. The first-order valence-electron chi connectivity index (χ1n) is 9.06. The van der Waals surface area contributed by atoms with Gasteiger partial charge in [0, 0.05) is 23.5 Å². The maximum Gasteiger partial charge on any atom is 0.319 e. The van der Waals surface area contributed by atoms with E-state index in [1.807, 2.05) is 32.9 Å². The molecule has 1 saturated heterocycles. The van der Waals surface area contributed by atoms with Crippen molar-refractivity contribution in [1.29, 1.82) is 0 Å². The van der Waals surface area contributed by atoms with E-state index in [4.69, 9.17) is 0 Å². The van der Waals surface area contributed by atoms with Crippen molar-refractivity contribution in [2.45, 2.75) is 26.8 Å². The van der Waals surface area contributed by atoms with Crippen LogP contribution >= 0.6 is 0 Å². The number of rotatable bonds is 4. The Bertz CT molecular complexity index is 1010. The Morgan fingerprint density at radius 1 is 1.17 bits per heavy atom. The van der Waals surface area contributed by atoms with Crippen LogP contribution in [0.1, 0.15) is 28.3 Å². The molecule has 2 atom stereocenters. The molecule has 0 spiro atoms. The first kappa shape index (κ1) is 20.1. The number of nitro benzene ring substituents is 1. The minimum Gasteiger partial charge on any atom is -0.330 e. The van der Waals surface area contributed by atoms with E-state index in [-0.39, 0.29) is 11.4 Å². The van der Waals surface area contributed by atoms with Gasteiger partial charge in [-0.05, 0) is 43.5 Å². The van der Waals surface area contributed by atoms with Gasteiger partial charge in [0.15, 0.2) is 0 Å². The minimum atomic E-state index is -0.799. The zero-order valence-corrected chi connectivity index (χ0v) is 16.4. The first-order valence-corrected chi connectivity index (χ1v) is 9.06. The van der Waals surface area contributed by atoms with E-state index in [9.17, 15) is 19.7 Å². The van der Waals surface area contributed by atoms with Gasteiger partial charge in [0.05, 0.1) is 11.0 Å². The summed E-state index contributed by atoms with van der Waals surface area (Å²) in [5, 5.41) is 19.1. The fourth-order valence-electron chi connectivity index (χ4n) is 3.83. The number of non-ortho nitro benzene ring substituents is 1. The lowest BCUT2D eigenvalue weighted by atomic mass is 9.83. The molecule has 1 aliphatic heterocycles. The molecule has 2 aromatic rings. The first-order chi connectivity index (χ1) is 13.7. The fourth-order valence-corrected chi connectivity index (χ4v) is 3.83. The number of urea groups is 1. The summed E-state index contributed by atoms with van der Waals surface area (Å²) in [5.74, 6) is -1.22. The number of anilines is 1. The smallest absolute Gasteiger partial charge is 0.319 e. The van der Waals surface area contributed by atoms with Crippen LogP contribution in [0.5, 0.6) is 0 Å². The highest BCUT2D eigenvalue weighted by atomic mass is 16.6. The summed E-state index contributed by atoms with van der Waals surface area (Å²) in [6.45, 7) is 9.71. The molecule has 1 fully saturated rings. The monoisotopic (exact) mass is 394 g/mol. The number of hydrogen-bond acceptors (Lipinski definition) is 4. The summed E-state index contributed by atoms with van der Waals surface area (Å²) >= 11 is 0. The predicted octanol–water partition coefficient (Wildman–Crippen LogP) is 3.64. The molecule has 0 saturated carbocycles. The number of benzene rings is 2. The number of carbonyl (C=O) groups excluding carboxylic acids is 2. The van der Waals surface area contributed by atoms with Crippen molar-refractivity contribution in [2.24, 2.45) is 5.92 Å². The summed E-state index contributed by atoms with van der Waals surface area (Å²) in [6, 6.07) is 8.64. The predicted molar refractivity (Wildman–Crippen MR) is 109 cm³/mol. The molecule has 3 amide bonds. The molecule has 29 heavy (non-hydrogen) atoms. The maximum absolute atomic E-state index is 13.1. The highest BCUT2D eigenvalue weighted by Gasteiger charge is 2.39. The van der Waals surface area contributed by atoms with Crippen molar-refractivity contribution in [3.8, 4) is 0 Å². The summed E-state index contributed by atoms with van der Waals surface area (Å²) < 4.78 is 0. The maximum atomic E-state index is 13.1. The average molecular weight is 394 g/mol. The van der Waals surface area contributed by atoms with Crippen molar-refractivity contribution in [3.05, 3.63) is 81.0 Å². The number of nitro groups is 1. The van der Waals surface area contributed by atoms with Crippen LogP contribution in [0, 0.1) is 36.8 Å². The van der Waals surface area contributed by atoms with Gasteiger partial charge in [-0.3, -0.25) is 14.9 Å². The van der Waals surface area contributed by atoms with Gasteiger partial charge in [-0.25, -0.2) is 4.79 Å². The second-order valence-corrected chi connectivity index (χ2v) is 7.19. The SMILES string of the molecule is C=C1NC(=O)N[C@@H](c2c(C)cc(C)cc2C)[C@@H]1C(=O)Nc1cccc([N+](=O)[O-])c1. The molecule has 1 aliphatic rings. The van der Waals surface area contributed by atoms with Gasteiger partial charge >= 0.3 is 6.03 Å². The van der Waals surface area contributed by atoms with Crippen LogP contribution in [0.4, 0.5) is 16.2 Å². The van der Waals surface area contributed by atoms with Crippen molar-refractivity contribution < 1.29 is 14.5 Å². The van der Waals surface area contributed by atoms with Crippen LogP contribution in [0.3, 0.4) is 0 Å². The quantitative estimate of drug-likeness (QED) is 0.543. The van der Waals surface area contributed by atoms with Gasteiger partial charge in [0.1, 0.15) is 5.92 Å². The molecule has 1 heterocycles. The van der Waals surface area contributed by atoms with E-state index >= 15 is 0 Å². The average Bonchev–Trinajstić information content (AvgIpc) is 2.60. The van der Waals surface area contributed by atoms with Crippen molar-refractivity contribution >= 4 is 23.3 Å². The van der Waals surface area contributed by atoms with Crippen LogP contribution < -0.4 is 16.0 Å². The van der Waals surface area contributed by atoms with E-state index in [1.165, 1.54) is 18.2 Å². The Morgan fingerprint density at radius 3 is 2.45 bits per heavy atom. The molecular weight excluding hydrogens is 372 g/mol. The molecule has 150 valence electrons. The lowest BCUT2D eigenvalue weighted by Crippen LogP contribution is -2.52. The Labute approximate surface area is 168 Å². The second kappa shape index (κ2) is 7.75. The van der Waals surface area contributed by atoms with E-state index in [0.717, 1.165) is 22.3 Å². The van der Waals surface area contributed by atoms with Crippen LogP contribution in [0.2, 0.25) is 0 Å². The Kier molecular flexibility index (Phi) is 5.36. The van der Waals surface area contributed by atoms with Crippen LogP contribution in [-0.4, -0.2) is 16.9 Å². The highest BCUT2D eigenvalue weighted by Crippen LogP contribution is 2.34. The van der Waals surface area contributed by atoms with Crippen molar-refractivity contribution in [2.75, 3.05) is 5.32 Å². The number of hydrogen-bond donors (Lipinski definition) is 3. The van der Waals surface area contributed by atoms with Crippen LogP contribution in [-0.2, 0) is 4.79 Å². The highest BCUT2D eigenvalue weighted by molar-refractivity contribution is 5.97. The van der Waals surface area contributed by atoms with E-state index in [0.29, 0.717) is 5.69 Å². The van der Waals surface area contributed by atoms with Crippen molar-refractivity contribution in [1.82, 2.24) is 10.6 Å². The van der Waals surface area contributed by atoms with E-state index in [1.54, 1.807) is 6.07 Å². The zero-order chi connectivity index (χ0) is 21.3. The molecule has 0 unspecified atom stereocenters. The third-order valence-electron chi connectivity index (χ3n) is 4.93. The Morgan fingerprint density at radius 2 is 1.83 bits per heavy atom. The molecule has 3 rings (SSSR count). The number of aryl methyl sites for hydroxylation is 3. The van der Waals surface area contributed by atoms with Gasteiger partial charge < -0.3 is 16.0 Å². The zero-order valence-electron chi connectivity index (χ0n) is 16.4. The van der Waals surface area contributed by atoms with Crippen LogP contribution in [0.25, 0.3) is 0 Å². The lowest BCUT2D eigenvalue weighted by Gasteiger charge is -2.35. The van der Waals surface area contributed by atoms with Gasteiger partial charge in [0.25, 0.3) is 5.69 Å². The third-order valence-corrected chi connectivity index (χ3v) is 4.93. The summed E-state index contributed by atoms with van der Waals surface area (Å²) in [6.07, 6.45) is 0. The number of nitrogens with one attached hydrogen (secondary N) is 3. The molecule has 8 heteroatoms. The van der Waals surface area contributed by atoms with Gasteiger partial charge in [-0.15, -0.1) is 0 Å². The summed E-state index contributed by atoms with van der Waals surface area (Å²) in [4.78, 5) is 35.7. The number of amides is 3. The normalized spacial score (nSPS) is 18.6. The van der Waals surface area contributed by atoms with Crippen molar-refractivity contribution in [3.63, 3.8) is 0 Å². The second-order valence-electron chi connectivity index (χ2n) is 7.19. The molecule has 0 bridgehead atoms. The fraction of sp³-hybridized carbons (Fsp3) is 0.238. The van der Waals surface area contributed by atoms with E-state index in [2.05, 4.69) is 22.5 Å². The third kappa shape index (κ3) is 4.11. The number of nitrogens with zero attached hydrogens (tertiary/aromatic N) is 1. The molecular formula is C21H22N4O4. The topological polar surface area (TPSA) is 113 Å². The Balaban J connectivity index is 1.97. The molecule has 0 aliphatic carbocycles.